The van der Waals surface area contributed by atoms with E-state index in [1.165, 1.54) is 74.9 Å². The van der Waals surface area contributed by atoms with Crippen LogP contribution in [-0.2, 0) is 0 Å². The van der Waals surface area contributed by atoms with Crippen molar-refractivity contribution in [1.29, 1.82) is 0 Å². The number of hydrogen-bond donors (Lipinski definition) is 0. The molecule has 0 aromatic carbocycles. The summed E-state index contributed by atoms with van der Waals surface area (Å²) in [5.74, 6) is 1.28. The van der Waals surface area contributed by atoms with E-state index in [9.17, 15) is 0 Å². The maximum Gasteiger partial charge on any atom is -0.00235 e. The van der Waals surface area contributed by atoms with E-state index >= 15 is 0 Å². The second-order valence-corrected chi connectivity index (χ2v) is 6.20. The molecular weight excluding hydrogens is 224 g/mol. The highest BCUT2D eigenvalue weighted by Gasteiger charge is 1.94. The first-order valence-corrected chi connectivity index (χ1v) is 8.60. The lowest BCUT2D eigenvalue weighted by atomic mass is 10.1. The van der Waals surface area contributed by atoms with Gasteiger partial charge in [0.15, 0.2) is 0 Å². The monoisotopic (exact) mass is 256 g/mol. The lowest BCUT2D eigenvalue weighted by Gasteiger charge is -2.03. The van der Waals surface area contributed by atoms with E-state index in [4.69, 9.17) is 0 Å². The fraction of sp³-hybridized carbons (Fsp3) is 0.875. The molecule has 0 aliphatic heterocycles. The lowest BCUT2D eigenvalue weighted by molar-refractivity contribution is 0.563. The van der Waals surface area contributed by atoms with Gasteiger partial charge < -0.3 is 0 Å². The minimum atomic E-state index is 1.13. The minimum absolute atomic E-state index is 1.13. The van der Waals surface area contributed by atoms with Crippen molar-refractivity contribution in [3.8, 4) is 0 Å². The predicted octanol–water partition coefficient (Wildman–Crippen LogP) is 6.56. The minimum Gasteiger partial charge on any atom is -0.131 e. The van der Waals surface area contributed by atoms with Gasteiger partial charge >= 0.3 is 0 Å². The lowest BCUT2D eigenvalue weighted by Crippen LogP contribution is -1.84. The molecule has 1 heteroatoms. The van der Waals surface area contributed by atoms with Gasteiger partial charge in [-0.3, -0.25) is 0 Å². The van der Waals surface area contributed by atoms with Gasteiger partial charge in [-0.25, -0.2) is 0 Å². The molecule has 0 N–H and O–H groups in total. The smallest absolute Gasteiger partial charge is 0.00235 e. The van der Waals surface area contributed by atoms with Crippen molar-refractivity contribution >= 4 is 11.8 Å². The Morgan fingerprint density at radius 2 is 1.24 bits per heavy atom. The summed E-state index contributed by atoms with van der Waals surface area (Å²) < 4.78 is 0. The highest BCUT2D eigenvalue weighted by molar-refractivity contribution is 8.03. The molecule has 0 aromatic rings. The van der Waals surface area contributed by atoms with Crippen molar-refractivity contribution in [2.45, 2.75) is 84.5 Å². The zero-order chi connectivity index (χ0) is 12.8. The quantitative estimate of drug-likeness (QED) is 0.336. The van der Waals surface area contributed by atoms with Crippen LogP contribution in [0.1, 0.15) is 84.5 Å². The van der Waals surface area contributed by atoms with Crippen molar-refractivity contribution in [3.05, 3.63) is 11.5 Å². The van der Waals surface area contributed by atoms with Crippen LogP contribution in [0.5, 0.6) is 0 Å². The van der Waals surface area contributed by atoms with Crippen LogP contribution in [0.25, 0.3) is 0 Å². The van der Waals surface area contributed by atoms with Crippen LogP contribution in [0.4, 0.5) is 0 Å². The second kappa shape index (κ2) is 14.2. The molecule has 0 rings (SSSR count). The third-order valence-corrected chi connectivity index (χ3v) is 4.39. The van der Waals surface area contributed by atoms with Crippen LogP contribution in [0.3, 0.4) is 0 Å². The summed E-state index contributed by atoms with van der Waals surface area (Å²) in [5.41, 5.74) is 0. The first-order chi connectivity index (χ1) is 8.31. The summed E-state index contributed by atoms with van der Waals surface area (Å²) in [6, 6.07) is 0. The Labute approximate surface area is 114 Å². The van der Waals surface area contributed by atoms with Gasteiger partial charge in [0.2, 0.25) is 0 Å². The standard InChI is InChI=1S/C16H32S/c1-4-6-7-8-9-10-11-12-13-14-15-17-16(3)5-2/h3-15H2,1-2H3. The van der Waals surface area contributed by atoms with Crippen LogP contribution in [-0.4, -0.2) is 5.75 Å². The van der Waals surface area contributed by atoms with Gasteiger partial charge in [0.05, 0.1) is 0 Å². The molecular formula is C16H32S. The van der Waals surface area contributed by atoms with Gasteiger partial charge in [0.1, 0.15) is 0 Å². The van der Waals surface area contributed by atoms with Gasteiger partial charge in [0, 0.05) is 0 Å². The van der Waals surface area contributed by atoms with Crippen molar-refractivity contribution in [2.24, 2.45) is 0 Å². The summed E-state index contributed by atoms with van der Waals surface area (Å²) in [4.78, 5) is 1.35. The molecule has 0 saturated carbocycles. The molecule has 0 aromatic heterocycles. The molecule has 0 radical (unpaired) electrons. The summed E-state index contributed by atoms with van der Waals surface area (Å²) >= 11 is 1.96. The fourth-order valence-electron chi connectivity index (χ4n) is 1.91. The van der Waals surface area contributed by atoms with Gasteiger partial charge in [-0.1, -0.05) is 78.2 Å². The van der Waals surface area contributed by atoms with Gasteiger partial charge in [0.25, 0.3) is 0 Å². The largest absolute Gasteiger partial charge is 0.131 e. The first-order valence-electron chi connectivity index (χ1n) is 7.61. The summed E-state index contributed by atoms with van der Waals surface area (Å²) in [6.07, 6.45) is 15.4. The molecule has 0 bridgehead atoms. The normalized spacial score (nSPS) is 10.7. The number of hydrogen-bond acceptors (Lipinski definition) is 1. The van der Waals surface area contributed by atoms with E-state index in [2.05, 4.69) is 20.4 Å². The maximum atomic E-state index is 4.02. The third kappa shape index (κ3) is 14.0. The molecule has 0 aliphatic carbocycles. The van der Waals surface area contributed by atoms with Crippen molar-refractivity contribution in [3.63, 3.8) is 0 Å². The van der Waals surface area contributed by atoms with Gasteiger partial charge in [-0.2, -0.15) is 0 Å². The Kier molecular flexibility index (Phi) is 14.2. The molecule has 0 aliphatic rings. The molecule has 0 spiro atoms. The molecule has 0 saturated heterocycles. The number of unbranched alkanes of at least 4 members (excludes halogenated alkanes) is 9. The first kappa shape index (κ1) is 17.1. The topological polar surface area (TPSA) is 0 Å². The molecule has 17 heavy (non-hydrogen) atoms. The van der Waals surface area contributed by atoms with Crippen LogP contribution < -0.4 is 0 Å². The van der Waals surface area contributed by atoms with Crippen molar-refractivity contribution < 1.29 is 0 Å². The Balaban J connectivity index is 2.96. The molecule has 102 valence electrons. The Morgan fingerprint density at radius 3 is 1.71 bits per heavy atom. The molecule has 0 atom stereocenters. The maximum absolute atomic E-state index is 4.02. The molecule has 0 unspecified atom stereocenters. The van der Waals surface area contributed by atoms with E-state index in [1.54, 1.807) is 0 Å². The molecule has 0 heterocycles. The average molecular weight is 256 g/mol. The zero-order valence-corrected chi connectivity index (χ0v) is 12.9. The van der Waals surface area contributed by atoms with E-state index in [-0.39, 0.29) is 0 Å². The summed E-state index contributed by atoms with van der Waals surface area (Å²) in [7, 11) is 0. The van der Waals surface area contributed by atoms with E-state index in [1.807, 2.05) is 11.8 Å². The van der Waals surface area contributed by atoms with Crippen LogP contribution in [0.2, 0.25) is 0 Å². The van der Waals surface area contributed by atoms with E-state index in [0.717, 1.165) is 6.42 Å². The van der Waals surface area contributed by atoms with Gasteiger partial charge in [-0.05, 0) is 23.5 Å². The predicted molar refractivity (Wildman–Crippen MR) is 83.7 cm³/mol. The zero-order valence-electron chi connectivity index (χ0n) is 12.1. The van der Waals surface area contributed by atoms with E-state index < -0.39 is 0 Å². The molecule has 0 amide bonds. The molecule has 0 fully saturated rings. The second-order valence-electron chi connectivity index (χ2n) is 4.92. The van der Waals surface area contributed by atoms with Crippen LogP contribution in [0.15, 0.2) is 11.5 Å². The van der Waals surface area contributed by atoms with Gasteiger partial charge in [-0.15, -0.1) is 11.8 Å². The average Bonchev–Trinajstić information content (AvgIpc) is 2.35. The number of thioether (sulfide) groups is 1. The third-order valence-electron chi connectivity index (χ3n) is 3.20. The Bertz CT molecular complexity index is 163. The highest BCUT2D eigenvalue weighted by atomic mass is 32.2. The number of rotatable bonds is 13. The Hall–Kier alpha value is 0.0900. The number of allylic oxidation sites excluding steroid dienone is 1. The molecule has 0 nitrogen and oxygen atoms in total. The van der Waals surface area contributed by atoms with Crippen LogP contribution >= 0.6 is 11.8 Å². The fourth-order valence-corrected chi connectivity index (χ4v) is 2.75. The summed E-state index contributed by atoms with van der Waals surface area (Å²) in [6.45, 7) is 8.49. The van der Waals surface area contributed by atoms with Crippen LogP contribution in [0, 0.1) is 0 Å². The highest BCUT2D eigenvalue weighted by Crippen LogP contribution is 2.19. The SMILES string of the molecule is C=C(CC)SCCCCCCCCCCCC. The Morgan fingerprint density at radius 1 is 0.765 bits per heavy atom. The summed E-state index contributed by atoms with van der Waals surface area (Å²) in [5, 5.41) is 0. The van der Waals surface area contributed by atoms with Crippen molar-refractivity contribution in [2.75, 3.05) is 5.75 Å². The van der Waals surface area contributed by atoms with E-state index in [0.29, 0.717) is 0 Å². The van der Waals surface area contributed by atoms with Crippen molar-refractivity contribution in [1.82, 2.24) is 0 Å².